The molecule has 0 aliphatic rings. The van der Waals surface area contributed by atoms with E-state index in [0.29, 0.717) is 12.5 Å². The van der Waals surface area contributed by atoms with E-state index in [1.807, 2.05) is 6.07 Å². The summed E-state index contributed by atoms with van der Waals surface area (Å²) in [6, 6.07) is 12.6. The molecule has 0 fully saturated rings. The third-order valence-electron chi connectivity index (χ3n) is 3.12. The van der Waals surface area contributed by atoms with Crippen molar-refractivity contribution >= 4 is 22.2 Å². The molecule has 0 amide bonds. The first-order chi connectivity index (χ1) is 8.40. The predicted octanol–water partition coefficient (Wildman–Crippen LogP) is 3.32. The van der Waals surface area contributed by atoms with Crippen molar-refractivity contribution in [3.8, 4) is 0 Å². The number of nitrogens with one attached hydrogen (secondary N) is 1. The number of benzene rings is 1. The molecule has 0 spiro atoms. The maximum atomic E-state index is 5.94. The van der Waals surface area contributed by atoms with Gasteiger partial charge in [-0.3, -0.25) is 0 Å². The molecule has 86 valence electrons. The number of para-hydroxylation sites is 1. The van der Waals surface area contributed by atoms with Crippen LogP contribution in [0.15, 0.2) is 48.0 Å². The van der Waals surface area contributed by atoms with Crippen LogP contribution in [0.25, 0.3) is 10.9 Å². The van der Waals surface area contributed by atoms with Crippen LogP contribution in [0, 0.1) is 0 Å². The zero-order chi connectivity index (χ0) is 11.7. The highest BCUT2D eigenvalue weighted by Crippen LogP contribution is 2.32. The summed E-state index contributed by atoms with van der Waals surface area (Å²) in [6.45, 7) is 0.641. The van der Waals surface area contributed by atoms with Gasteiger partial charge >= 0.3 is 0 Å². The van der Waals surface area contributed by atoms with Crippen LogP contribution in [-0.4, -0.2) is 11.5 Å². The molecule has 2 nitrogen and oxygen atoms in total. The fourth-order valence-electron chi connectivity index (χ4n) is 2.27. The Morgan fingerprint density at radius 2 is 2.06 bits per heavy atom. The second kappa shape index (κ2) is 4.35. The van der Waals surface area contributed by atoms with Crippen LogP contribution in [0.3, 0.4) is 0 Å². The van der Waals surface area contributed by atoms with E-state index in [0.717, 1.165) is 0 Å². The van der Waals surface area contributed by atoms with E-state index in [1.165, 1.54) is 21.3 Å². The first-order valence-electron chi connectivity index (χ1n) is 5.69. The number of thiophene rings is 1. The van der Waals surface area contributed by atoms with E-state index in [-0.39, 0.29) is 0 Å². The Balaban J connectivity index is 2.13. The molecule has 0 saturated carbocycles. The van der Waals surface area contributed by atoms with Gasteiger partial charge in [-0.05, 0) is 23.1 Å². The van der Waals surface area contributed by atoms with Crippen LogP contribution in [-0.2, 0) is 0 Å². The van der Waals surface area contributed by atoms with Crippen LogP contribution >= 0.6 is 11.3 Å². The molecule has 3 aromatic rings. The van der Waals surface area contributed by atoms with E-state index < -0.39 is 0 Å². The van der Waals surface area contributed by atoms with E-state index in [1.54, 1.807) is 11.3 Å². The number of aromatic nitrogens is 1. The van der Waals surface area contributed by atoms with Crippen molar-refractivity contribution in [2.24, 2.45) is 5.73 Å². The van der Waals surface area contributed by atoms with Crippen LogP contribution in [0.1, 0.15) is 16.4 Å². The number of aromatic amines is 1. The first-order valence-corrected chi connectivity index (χ1v) is 6.57. The van der Waals surface area contributed by atoms with Gasteiger partial charge in [-0.25, -0.2) is 0 Å². The van der Waals surface area contributed by atoms with Gasteiger partial charge in [0.15, 0.2) is 0 Å². The van der Waals surface area contributed by atoms with Crippen LogP contribution in [0.2, 0.25) is 0 Å². The largest absolute Gasteiger partial charge is 0.361 e. The van der Waals surface area contributed by atoms with Crippen molar-refractivity contribution in [1.82, 2.24) is 4.98 Å². The SMILES string of the molecule is NCC(c1cccs1)c1c[nH]c2ccccc12. The zero-order valence-electron chi connectivity index (χ0n) is 9.39. The Morgan fingerprint density at radius 3 is 2.82 bits per heavy atom. The van der Waals surface area contributed by atoms with E-state index in [9.17, 15) is 0 Å². The first kappa shape index (κ1) is 10.6. The summed E-state index contributed by atoms with van der Waals surface area (Å²) in [7, 11) is 0. The molecule has 1 aromatic carbocycles. The molecule has 0 aliphatic heterocycles. The van der Waals surface area contributed by atoms with Gasteiger partial charge in [0.05, 0.1) is 0 Å². The predicted molar refractivity (Wildman–Crippen MR) is 73.5 cm³/mol. The Bertz CT molecular complexity index is 610. The Labute approximate surface area is 104 Å². The molecule has 0 bridgehead atoms. The molecule has 1 unspecified atom stereocenters. The monoisotopic (exact) mass is 242 g/mol. The normalized spacial score (nSPS) is 13.0. The quantitative estimate of drug-likeness (QED) is 0.727. The van der Waals surface area contributed by atoms with Crippen LogP contribution in [0.4, 0.5) is 0 Å². The summed E-state index contributed by atoms with van der Waals surface area (Å²) in [5.74, 6) is 0.297. The minimum absolute atomic E-state index is 0.297. The van der Waals surface area contributed by atoms with Crippen molar-refractivity contribution in [3.05, 3.63) is 58.4 Å². The molecule has 3 heteroatoms. The third-order valence-corrected chi connectivity index (χ3v) is 4.10. The lowest BCUT2D eigenvalue weighted by atomic mass is 9.97. The molecule has 0 radical (unpaired) electrons. The lowest BCUT2D eigenvalue weighted by molar-refractivity contribution is 0.842. The van der Waals surface area contributed by atoms with Gasteiger partial charge in [0.25, 0.3) is 0 Å². The van der Waals surface area contributed by atoms with Gasteiger partial charge in [-0.15, -0.1) is 11.3 Å². The molecule has 2 heterocycles. The molecule has 17 heavy (non-hydrogen) atoms. The molecule has 3 rings (SSSR count). The summed E-state index contributed by atoms with van der Waals surface area (Å²) in [6.07, 6.45) is 2.09. The number of hydrogen-bond donors (Lipinski definition) is 2. The van der Waals surface area contributed by atoms with E-state index in [2.05, 4.69) is 46.9 Å². The van der Waals surface area contributed by atoms with Gasteiger partial charge in [-0.2, -0.15) is 0 Å². The molecule has 3 N–H and O–H groups in total. The van der Waals surface area contributed by atoms with Gasteiger partial charge in [0.2, 0.25) is 0 Å². The molecule has 0 saturated heterocycles. The highest BCUT2D eigenvalue weighted by Gasteiger charge is 2.16. The van der Waals surface area contributed by atoms with Gasteiger partial charge in [0.1, 0.15) is 0 Å². The van der Waals surface area contributed by atoms with Crippen molar-refractivity contribution < 1.29 is 0 Å². The topological polar surface area (TPSA) is 41.8 Å². The van der Waals surface area contributed by atoms with Gasteiger partial charge in [0, 0.05) is 34.4 Å². The summed E-state index contributed by atoms with van der Waals surface area (Å²) < 4.78 is 0. The number of fused-ring (bicyclic) bond motifs is 1. The lowest BCUT2D eigenvalue weighted by Crippen LogP contribution is -2.12. The average Bonchev–Trinajstić information content (AvgIpc) is 3.01. The Kier molecular flexibility index (Phi) is 2.71. The van der Waals surface area contributed by atoms with Gasteiger partial charge in [-0.1, -0.05) is 24.3 Å². The number of nitrogens with two attached hydrogens (primary N) is 1. The Morgan fingerprint density at radius 1 is 1.18 bits per heavy atom. The number of rotatable bonds is 3. The molecular formula is C14H14N2S. The Hall–Kier alpha value is -1.58. The zero-order valence-corrected chi connectivity index (χ0v) is 10.2. The molecule has 0 aliphatic carbocycles. The second-order valence-electron chi connectivity index (χ2n) is 4.09. The fourth-order valence-corrected chi connectivity index (χ4v) is 3.13. The summed E-state index contributed by atoms with van der Waals surface area (Å²) in [5.41, 5.74) is 8.41. The van der Waals surface area contributed by atoms with Gasteiger partial charge < -0.3 is 10.7 Å². The fraction of sp³-hybridized carbons (Fsp3) is 0.143. The van der Waals surface area contributed by atoms with Crippen LogP contribution < -0.4 is 5.73 Å². The number of H-pyrrole nitrogens is 1. The molecule has 2 aromatic heterocycles. The smallest absolute Gasteiger partial charge is 0.0457 e. The van der Waals surface area contributed by atoms with Crippen LogP contribution in [0.5, 0.6) is 0 Å². The highest BCUT2D eigenvalue weighted by molar-refractivity contribution is 7.10. The van der Waals surface area contributed by atoms with Crippen molar-refractivity contribution in [2.75, 3.05) is 6.54 Å². The maximum absolute atomic E-state index is 5.94. The maximum Gasteiger partial charge on any atom is 0.0457 e. The molecular weight excluding hydrogens is 228 g/mol. The summed E-state index contributed by atoms with van der Waals surface area (Å²) >= 11 is 1.77. The number of hydrogen-bond acceptors (Lipinski definition) is 2. The second-order valence-corrected chi connectivity index (χ2v) is 5.07. The average molecular weight is 242 g/mol. The summed E-state index contributed by atoms with van der Waals surface area (Å²) in [4.78, 5) is 4.64. The summed E-state index contributed by atoms with van der Waals surface area (Å²) in [5, 5.41) is 3.38. The third kappa shape index (κ3) is 1.77. The standard InChI is InChI=1S/C14H14N2S/c15-8-11(14-6-3-7-17-14)12-9-16-13-5-2-1-4-10(12)13/h1-7,9,11,16H,8,15H2. The van der Waals surface area contributed by atoms with Crippen molar-refractivity contribution in [3.63, 3.8) is 0 Å². The lowest BCUT2D eigenvalue weighted by Gasteiger charge is -2.11. The minimum atomic E-state index is 0.297. The van der Waals surface area contributed by atoms with E-state index in [4.69, 9.17) is 5.73 Å². The minimum Gasteiger partial charge on any atom is -0.361 e. The van der Waals surface area contributed by atoms with Crippen molar-refractivity contribution in [1.29, 1.82) is 0 Å². The van der Waals surface area contributed by atoms with Crippen molar-refractivity contribution in [2.45, 2.75) is 5.92 Å². The van der Waals surface area contributed by atoms with E-state index >= 15 is 0 Å². The highest BCUT2D eigenvalue weighted by atomic mass is 32.1. The molecule has 1 atom stereocenters.